The molecule has 1 aliphatic heterocycles. The lowest BCUT2D eigenvalue weighted by Gasteiger charge is -2.38. The highest BCUT2D eigenvalue weighted by atomic mass is 32.2. The summed E-state index contributed by atoms with van der Waals surface area (Å²) in [4.78, 5) is 12.8. The first kappa shape index (κ1) is 20.8. The average molecular weight is 430 g/mol. The highest BCUT2D eigenvalue weighted by molar-refractivity contribution is 7.89. The second-order valence-electron chi connectivity index (χ2n) is 9.28. The van der Waals surface area contributed by atoms with E-state index in [9.17, 15) is 26.4 Å². The molecule has 0 N–H and O–H groups in total. The number of hydrogen-bond donors (Lipinski definition) is 0. The van der Waals surface area contributed by atoms with Crippen molar-refractivity contribution in [2.75, 3.05) is 12.3 Å². The molecule has 3 fully saturated rings. The summed E-state index contributed by atoms with van der Waals surface area (Å²) in [6, 6.07) is 4.36. The number of hydrogen-bond acceptors (Lipinski definition) is 3. The zero-order valence-corrected chi connectivity index (χ0v) is 17.4. The van der Waals surface area contributed by atoms with Crippen molar-refractivity contribution in [2.24, 2.45) is 16.7 Å². The summed E-state index contributed by atoms with van der Waals surface area (Å²) in [7, 11) is -3.91. The van der Waals surface area contributed by atoms with E-state index < -0.39 is 38.6 Å². The second kappa shape index (κ2) is 6.54. The highest BCUT2D eigenvalue weighted by Gasteiger charge is 2.65. The predicted octanol–water partition coefficient (Wildman–Crippen LogP) is 4.57. The molecular weight excluding hydrogens is 403 g/mol. The number of nitrogens with zero attached hydrogens (tertiary/aromatic N) is 1. The van der Waals surface area contributed by atoms with E-state index in [1.807, 2.05) is 13.8 Å². The third kappa shape index (κ3) is 3.05. The van der Waals surface area contributed by atoms with Crippen LogP contribution in [0.4, 0.5) is 13.2 Å². The molecule has 2 aliphatic carbocycles. The molecule has 8 heteroatoms. The fourth-order valence-electron chi connectivity index (χ4n) is 5.93. The van der Waals surface area contributed by atoms with Gasteiger partial charge < -0.3 is 0 Å². The standard InChI is InChI=1S/C21H26F3NO3S/c1-19(2)14-9-10-20(19,18(26)12-14)13-29(27,28)25-11-5-8-17(25)15-6-3-4-7-16(15)21(22,23)24/h3-4,6-7,14,17H,5,8-13H2,1-2H3. The Morgan fingerprint density at radius 1 is 1.17 bits per heavy atom. The molecule has 1 saturated heterocycles. The molecule has 4 nitrogen and oxygen atoms in total. The molecule has 0 radical (unpaired) electrons. The smallest absolute Gasteiger partial charge is 0.299 e. The molecule has 4 rings (SSSR count). The van der Waals surface area contributed by atoms with Crippen molar-refractivity contribution >= 4 is 15.8 Å². The summed E-state index contributed by atoms with van der Waals surface area (Å²) in [5.74, 6) is -0.119. The van der Waals surface area contributed by atoms with Crippen molar-refractivity contribution in [3.05, 3.63) is 35.4 Å². The molecule has 3 unspecified atom stereocenters. The third-order valence-corrected chi connectivity index (χ3v) is 9.76. The van der Waals surface area contributed by atoms with Crippen LogP contribution >= 0.6 is 0 Å². The second-order valence-corrected chi connectivity index (χ2v) is 11.2. The van der Waals surface area contributed by atoms with Crippen LogP contribution in [0.15, 0.2) is 24.3 Å². The van der Waals surface area contributed by atoms with Gasteiger partial charge in [-0.15, -0.1) is 0 Å². The van der Waals surface area contributed by atoms with Crippen LogP contribution in [0.25, 0.3) is 0 Å². The maximum Gasteiger partial charge on any atom is 0.416 e. The van der Waals surface area contributed by atoms with Gasteiger partial charge in [-0.25, -0.2) is 8.42 Å². The number of carbonyl (C=O) groups excluding carboxylic acids is 1. The monoisotopic (exact) mass is 429 g/mol. The minimum Gasteiger partial charge on any atom is -0.299 e. The van der Waals surface area contributed by atoms with Crippen molar-refractivity contribution in [3.63, 3.8) is 0 Å². The Labute approximate surface area is 169 Å². The number of carbonyl (C=O) groups is 1. The fraction of sp³-hybridized carbons (Fsp3) is 0.667. The summed E-state index contributed by atoms with van der Waals surface area (Å²) in [6.45, 7) is 4.12. The van der Waals surface area contributed by atoms with Gasteiger partial charge in [0.05, 0.1) is 17.4 Å². The van der Waals surface area contributed by atoms with Crippen LogP contribution in [0.3, 0.4) is 0 Å². The van der Waals surface area contributed by atoms with Crippen LogP contribution in [0, 0.1) is 16.7 Å². The number of alkyl halides is 3. The highest BCUT2D eigenvalue weighted by Crippen LogP contribution is 2.64. The van der Waals surface area contributed by atoms with Crippen molar-refractivity contribution in [3.8, 4) is 0 Å². The first-order valence-corrected chi connectivity index (χ1v) is 11.7. The van der Waals surface area contributed by atoms with Gasteiger partial charge in [0.15, 0.2) is 0 Å². The van der Waals surface area contributed by atoms with E-state index in [0.717, 1.165) is 12.5 Å². The van der Waals surface area contributed by atoms with Gasteiger partial charge in [0, 0.05) is 18.4 Å². The van der Waals surface area contributed by atoms with Crippen molar-refractivity contribution in [2.45, 2.75) is 58.2 Å². The Balaban J connectivity index is 1.69. The van der Waals surface area contributed by atoms with Crippen LogP contribution in [0.1, 0.15) is 63.1 Å². The summed E-state index contributed by atoms with van der Waals surface area (Å²) < 4.78 is 68.7. The summed E-state index contributed by atoms with van der Waals surface area (Å²) in [5, 5.41) is 0. The number of benzene rings is 1. The van der Waals surface area contributed by atoms with Gasteiger partial charge in [-0.2, -0.15) is 17.5 Å². The molecule has 0 amide bonds. The molecule has 2 saturated carbocycles. The van der Waals surface area contributed by atoms with Crippen LogP contribution in [-0.4, -0.2) is 30.8 Å². The lowest BCUT2D eigenvalue weighted by atomic mass is 9.70. The minimum absolute atomic E-state index is 0.000109. The molecular formula is C21H26F3NO3S. The lowest BCUT2D eigenvalue weighted by molar-refractivity contribution is -0.138. The molecule has 1 aromatic rings. The van der Waals surface area contributed by atoms with Crippen molar-refractivity contribution in [1.29, 1.82) is 0 Å². The number of halogens is 3. The van der Waals surface area contributed by atoms with E-state index in [-0.39, 0.29) is 29.6 Å². The SMILES string of the molecule is CC1(C)C2CCC1(CS(=O)(=O)N1CCCC1c1ccccc1C(F)(F)F)C(=O)C2. The third-order valence-electron chi connectivity index (χ3n) is 7.75. The molecule has 3 aliphatic rings. The molecule has 160 valence electrons. The lowest BCUT2D eigenvalue weighted by Crippen LogP contribution is -2.46. The van der Waals surface area contributed by atoms with Crippen molar-refractivity contribution < 1.29 is 26.4 Å². The Kier molecular flexibility index (Phi) is 4.70. The van der Waals surface area contributed by atoms with Gasteiger partial charge in [0.25, 0.3) is 0 Å². The number of Topliss-reactive ketones (excluding diaryl/α,β-unsaturated/α-hetero) is 1. The predicted molar refractivity (Wildman–Crippen MR) is 102 cm³/mol. The zero-order chi connectivity index (χ0) is 21.2. The summed E-state index contributed by atoms with van der Waals surface area (Å²) in [5.41, 5.74) is -2.12. The maximum absolute atomic E-state index is 13.5. The zero-order valence-electron chi connectivity index (χ0n) is 16.6. The normalized spacial score (nSPS) is 32.2. The largest absolute Gasteiger partial charge is 0.416 e. The molecule has 1 heterocycles. The first-order chi connectivity index (χ1) is 13.4. The molecule has 1 aromatic carbocycles. The minimum atomic E-state index is -4.55. The summed E-state index contributed by atoms with van der Waals surface area (Å²) >= 11 is 0. The average Bonchev–Trinajstić information content (AvgIpc) is 3.25. The van der Waals surface area contributed by atoms with Gasteiger partial charge in [-0.05, 0) is 48.6 Å². The van der Waals surface area contributed by atoms with E-state index in [1.54, 1.807) is 0 Å². The van der Waals surface area contributed by atoms with Gasteiger partial charge in [-0.1, -0.05) is 32.0 Å². The van der Waals surface area contributed by atoms with Crippen molar-refractivity contribution in [1.82, 2.24) is 4.31 Å². The van der Waals surface area contributed by atoms with E-state index >= 15 is 0 Å². The summed E-state index contributed by atoms with van der Waals surface area (Å²) in [6.07, 6.45) is -1.92. The van der Waals surface area contributed by atoms with E-state index in [4.69, 9.17) is 0 Å². The Hall–Kier alpha value is -1.41. The number of rotatable bonds is 4. The van der Waals surface area contributed by atoms with Crippen LogP contribution < -0.4 is 0 Å². The number of ketones is 1. The number of fused-ring (bicyclic) bond motifs is 2. The Morgan fingerprint density at radius 2 is 1.86 bits per heavy atom. The van der Waals surface area contributed by atoms with Crippen LogP contribution in [0.5, 0.6) is 0 Å². The maximum atomic E-state index is 13.5. The molecule has 0 spiro atoms. The molecule has 29 heavy (non-hydrogen) atoms. The fourth-order valence-corrected chi connectivity index (χ4v) is 8.41. The van der Waals surface area contributed by atoms with Gasteiger partial charge in [0.1, 0.15) is 5.78 Å². The van der Waals surface area contributed by atoms with Gasteiger partial charge >= 0.3 is 6.18 Å². The van der Waals surface area contributed by atoms with E-state index in [2.05, 4.69) is 0 Å². The van der Waals surface area contributed by atoms with Crippen LogP contribution in [0.2, 0.25) is 0 Å². The molecule has 0 aromatic heterocycles. The Morgan fingerprint density at radius 3 is 2.45 bits per heavy atom. The van der Waals surface area contributed by atoms with E-state index in [1.165, 1.54) is 22.5 Å². The van der Waals surface area contributed by atoms with Crippen LogP contribution in [-0.2, 0) is 21.0 Å². The number of sulfonamides is 1. The first-order valence-electron chi connectivity index (χ1n) is 10.1. The molecule has 3 atom stereocenters. The quantitative estimate of drug-likeness (QED) is 0.705. The Bertz CT molecular complexity index is 941. The topological polar surface area (TPSA) is 54.5 Å². The van der Waals surface area contributed by atoms with E-state index in [0.29, 0.717) is 25.7 Å². The van der Waals surface area contributed by atoms with Gasteiger partial charge in [0.2, 0.25) is 10.0 Å². The molecule has 2 bridgehead atoms. The van der Waals surface area contributed by atoms with Gasteiger partial charge in [-0.3, -0.25) is 4.79 Å².